The van der Waals surface area contributed by atoms with Crippen LogP contribution in [0.5, 0.6) is 0 Å². The van der Waals surface area contributed by atoms with Crippen molar-refractivity contribution in [2.24, 2.45) is 0 Å². The lowest BCUT2D eigenvalue weighted by Crippen LogP contribution is -3.07. The largest absolute Gasteiger partial charge is 0.450 e. The number of ether oxygens (including phenoxy) is 1. The molecule has 0 radical (unpaired) electrons. The number of rotatable bonds is 25. The Morgan fingerprint density at radius 2 is 1.00 bits per heavy atom. The summed E-state index contributed by atoms with van der Waals surface area (Å²) in [6.45, 7) is 4.04. The number of hydrogen-bond donors (Lipinski definition) is 1. The molecule has 0 aliphatic rings. The van der Waals surface area contributed by atoms with Crippen molar-refractivity contribution in [3.8, 4) is 0 Å². The Labute approximate surface area is 214 Å². The van der Waals surface area contributed by atoms with Gasteiger partial charge >= 0.3 is 5.97 Å². The second-order valence-corrected chi connectivity index (χ2v) is 12.1. The first-order valence-electron chi connectivity index (χ1n) is 15.0. The van der Waals surface area contributed by atoms with E-state index in [9.17, 15) is 4.79 Å². The summed E-state index contributed by atoms with van der Waals surface area (Å²) in [6, 6.07) is 0. The van der Waals surface area contributed by atoms with Crippen LogP contribution in [0.15, 0.2) is 0 Å². The van der Waals surface area contributed by atoms with E-state index in [1.54, 1.807) is 0 Å². The molecule has 1 N–H and O–H groups in total. The first kappa shape index (κ1) is 33.4. The summed E-state index contributed by atoms with van der Waals surface area (Å²) >= 11 is 0. The normalized spacial score (nSPS) is 12.9. The van der Waals surface area contributed by atoms with Gasteiger partial charge in [-0.2, -0.15) is 0 Å². The van der Waals surface area contributed by atoms with Crippen molar-refractivity contribution in [1.82, 2.24) is 0 Å². The minimum Gasteiger partial charge on any atom is -0.450 e. The third-order valence-electron chi connectivity index (χ3n) is 6.67. The molecule has 1 unspecified atom stereocenters. The first-order valence-corrected chi connectivity index (χ1v) is 15.0. The molecular weight excluding hydrogens is 420 g/mol. The number of hydrogen-bond acceptors (Lipinski definition) is 2. The van der Waals surface area contributed by atoms with Gasteiger partial charge in [-0.25, -0.2) is 0 Å². The van der Waals surface area contributed by atoms with E-state index in [1.165, 1.54) is 114 Å². The van der Waals surface area contributed by atoms with E-state index in [0.717, 1.165) is 30.4 Å². The minimum absolute atomic E-state index is 0.00771. The molecule has 0 aromatic rings. The molecular formula is C30H64N2O2+2. The Morgan fingerprint density at radius 1 is 0.647 bits per heavy atom. The number of quaternary nitrogens is 2. The number of unbranched alkanes of at least 4 members (excludes halogenated alkanes) is 18. The van der Waals surface area contributed by atoms with Crippen molar-refractivity contribution in [3.05, 3.63) is 0 Å². The molecule has 0 bridgehead atoms. The molecule has 0 aromatic carbocycles. The van der Waals surface area contributed by atoms with Gasteiger partial charge in [-0.15, -0.1) is 0 Å². The van der Waals surface area contributed by atoms with Gasteiger partial charge in [0.1, 0.15) is 13.1 Å². The monoisotopic (exact) mass is 484 g/mol. The van der Waals surface area contributed by atoms with Crippen molar-refractivity contribution in [1.29, 1.82) is 0 Å². The van der Waals surface area contributed by atoms with Gasteiger partial charge in [0, 0.05) is 6.42 Å². The summed E-state index contributed by atoms with van der Waals surface area (Å²) in [7, 11) is 10.7. The molecule has 0 aliphatic carbocycles. The quantitative estimate of drug-likeness (QED) is 0.0902. The van der Waals surface area contributed by atoms with Crippen LogP contribution in [0.25, 0.3) is 0 Å². The predicted octanol–water partition coefficient (Wildman–Crippen LogP) is 6.57. The number of nitrogens with one attached hydrogen (secondary N) is 1. The average Bonchev–Trinajstić information content (AvgIpc) is 2.73. The van der Waals surface area contributed by atoms with Crippen molar-refractivity contribution >= 4 is 5.97 Å². The van der Waals surface area contributed by atoms with E-state index in [1.807, 2.05) is 0 Å². The first-order chi connectivity index (χ1) is 16.2. The Bertz CT molecular complexity index is 446. The number of carbonyl (C=O) groups excluding carboxylic acids is 1. The molecule has 0 amide bonds. The molecule has 1 atom stereocenters. The predicted molar refractivity (Wildman–Crippen MR) is 148 cm³/mol. The van der Waals surface area contributed by atoms with Gasteiger partial charge in [0.15, 0.2) is 6.10 Å². The molecule has 0 spiro atoms. The topological polar surface area (TPSA) is 30.7 Å². The van der Waals surface area contributed by atoms with Gasteiger partial charge in [0.05, 0.1) is 35.2 Å². The van der Waals surface area contributed by atoms with Crippen molar-refractivity contribution < 1.29 is 18.9 Å². The van der Waals surface area contributed by atoms with Gasteiger partial charge in [0.2, 0.25) is 0 Å². The van der Waals surface area contributed by atoms with Crippen molar-refractivity contribution in [3.63, 3.8) is 0 Å². The lowest BCUT2D eigenvalue weighted by atomic mass is 10.0. The van der Waals surface area contributed by atoms with E-state index in [-0.39, 0.29) is 12.1 Å². The standard InChI is InChI=1S/C30H63N2O2/c1-7-8-9-10-11-12-13-14-15-16-17-18-19-20-21-22-23-24-25-26-30(33)34-29(27-31(2)3)28-32(4,5)6/h29H,7-28H2,1-6H3/q+1/p+1. The maximum absolute atomic E-state index is 12.3. The van der Waals surface area contributed by atoms with E-state index in [0.29, 0.717) is 6.42 Å². The highest BCUT2D eigenvalue weighted by Crippen LogP contribution is 2.15. The fourth-order valence-electron chi connectivity index (χ4n) is 4.80. The lowest BCUT2D eigenvalue weighted by Gasteiger charge is -2.29. The molecule has 4 heteroatoms. The summed E-state index contributed by atoms with van der Waals surface area (Å²) in [5.74, 6) is -0.00771. The fourth-order valence-corrected chi connectivity index (χ4v) is 4.80. The van der Waals surface area contributed by atoms with Crippen LogP contribution in [0, 0.1) is 0 Å². The highest BCUT2D eigenvalue weighted by Gasteiger charge is 2.24. The number of esters is 1. The summed E-state index contributed by atoms with van der Waals surface area (Å²) in [5, 5.41) is 0. The lowest BCUT2D eigenvalue weighted by molar-refractivity contribution is -0.890. The Morgan fingerprint density at radius 3 is 1.32 bits per heavy atom. The molecule has 0 saturated heterocycles. The third kappa shape index (κ3) is 26.0. The van der Waals surface area contributed by atoms with Crippen molar-refractivity contribution in [2.45, 2.75) is 141 Å². The zero-order valence-corrected chi connectivity index (χ0v) is 24.4. The van der Waals surface area contributed by atoms with Crippen molar-refractivity contribution in [2.75, 3.05) is 48.3 Å². The third-order valence-corrected chi connectivity index (χ3v) is 6.67. The maximum atomic E-state index is 12.3. The molecule has 4 nitrogen and oxygen atoms in total. The molecule has 34 heavy (non-hydrogen) atoms. The highest BCUT2D eigenvalue weighted by atomic mass is 16.5. The second-order valence-electron chi connectivity index (χ2n) is 12.1. The summed E-state index contributed by atoms with van der Waals surface area (Å²) in [6.07, 6.45) is 26.7. The molecule has 0 heterocycles. The molecule has 204 valence electrons. The maximum Gasteiger partial charge on any atom is 0.306 e. The number of carbonyl (C=O) groups is 1. The highest BCUT2D eigenvalue weighted by molar-refractivity contribution is 5.69. The van der Waals surface area contributed by atoms with Crippen LogP contribution >= 0.6 is 0 Å². The van der Waals surface area contributed by atoms with E-state index < -0.39 is 0 Å². The zero-order valence-electron chi connectivity index (χ0n) is 24.4. The number of likely N-dealkylation sites (N-methyl/N-ethyl adjacent to an activating group) is 2. The molecule has 0 rings (SSSR count). The minimum atomic E-state index is -0.00771. The van der Waals surface area contributed by atoms with E-state index >= 15 is 0 Å². The van der Waals surface area contributed by atoms with Crippen LogP contribution in [-0.2, 0) is 9.53 Å². The molecule has 0 aromatic heterocycles. The molecule has 0 aliphatic heterocycles. The SMILES string of the molecule is CCCCCCCCCCCCCCCCCCCCCC(=O)OC(C[NH+](C)C)C[N+](C)(C)C. The average molecular weight is 485 g/mol. The zero-order chi connectivity index (χ0) is 25.5. The summed E-state index contributed by atoms with van der Waals surface area (Å²) < 4.78 is 6.62. The smallest absolute Gasteiger partial charge is 0.306 e. The van der Waals surface area contributed by atoms with Crippen LogP contribution in [0.2, 0.25) is 0 Å². The second kappa shape index (κ2) is 22.8. The Hall–Kier alpha value is -0.610. The van der Waals surface area contributed by atoms with Gasteiger partial charge in [0.25, 0.3) is 0 Å². The number of nitrogens with zero attached hydrogens (tertiary/aromatic N) is 1. The van der Waals surface area contributed by atoms with E-state index in [2.05, 4.69) is 42.2 Å². The molecule has 0 fully saturated rings. The van der Waals surface area contributed by atoms with Gasteiger partial charge < -0.3 is 14.1 Å². The van der Waals surface area contributed by atoms with Crippen LogP contribution < -0.4 is 4.90 Å². The Balaban J connectivity index is 3.44. The van der Waals surface area contributed by atoms with E-state index in [4.69, 9.17) is 4.74 Å². The van der Waals surface area contributed by atoms with Gasteiger partial charge in [-0.05, 0) is 6.42 Å². The van der Waals surface area contributed by atoms with Gasteiger partial charge in [-0.1, -0.05) is 122 Å². The molecule has 0 saturated carbocycles. The van der Waals surface area contributed by atoms with Crippen LogP contribution in [-0.4, -0.2) is 64.9 Å². The van der Waals surface area contributed by atoms with Gasteiger partial charge in [-0.3, -0.25) is 4.79 Å². The summed E-state index contributed by atoms with van der Waals surface area (Å²) in [4.78, 5) is 13.6. The van der Waals surface area contributed by atoms with Crippen LogP contribution in [0.1, 0.15) is 135 Å². The summed E-state index contributed by atoms with van der Waals surface area (Å²) in [5.41, 5.74) is 0. The fraction of sp³-hybridized carbons (Fsp3) is 0.967. The van der Waals surface area contributed by atoms with Crippen LogP contribution in [0.3, 0.4) is 0 Å². The van der Waals surface area contributed by atoms with Crippen LogP contribution in [0.4, 0.5) is 0 Å². The Kier molecular flexibility index (Phi) is 22.4.